The molecule has 10 heteroatoms. The molecule has 0 fully saturated rings. The molecule has 0 atom stereocenters. The molecule has 0 aliphatic heterocycles. The summed E-state index contributed by atoms with van der Waals surface area (Å²) in [4.78, 5) is 22.2. The van der Waals surface area contributed by atoms with Crippen molar-refractivity contribution in [3.8, 4) is 29.0 Å². The van der Waals surface area contributed by atoms with Crippen LogP contribution in [0.1, 0.15) is 46.6 Å². The first-order valence-electron chi connectivity index (χ1n) is 14.4. The summed E-state index contributed by atoms with van der Waals surface area (Å²) >= 11 is 0. The molecule has 6 aromatic rings. The summed E-state index contributed by atoms with van der Waals surface area (Å²) in [7, 11) is 1.84. The second kappa shape index (κ2) is 12.0. The Bertz CT molecular complexity index is 2210. The van der Waals surface area contributed by atoms with Crippen molar-refractivity contribution in [2.24, 2.45) is 7.05 Å². The van der Waals surface area contributed by atoms with Crippen LogP contribution in [0, 0.1) is 35.9 Å². The van der Waals surface area contributed by atoms with Gasteiger partial charge >= 0.3 is 0 Å². The summed E-state index contributed by atoms with van der Waals surface area (Å²) in [5, 5.41) is 20.1. The van der Waals surface area contributed by atoms with Crippen LogP contribution >= 0.6 is 0 Å². The Labute approximate surface area is 265 Å². The number of nitrogens with one attached hydrogen (secondary N) is 2. The highest BCUT2D eigenvalue weighted by Gasteiger charge is 2.22. The number of imidazole rings is 1. The lowest BCUT2D eigenvalue weighted by Crippen LogP contribution is -2.17. The fraction of sp³-hybridized carbons (Fsp3) is 0.139. The Balaban J connectivity index is 1.30. The number of hydrogen-bond acceptors (Lipinski definition) is 6. The number of halogens is 1. The van der Waals surface area contributed by atoms with Crippen LogP contribution in [0.5, 0.6) is 0 Å². The maximum Gasteiger partial charge on any atom is 0.258 e. The number of pyridine rings is 2. The molecule has 0 spiro atoms. The van der Waals surface area contributed by atoms with Gasteiger partial charge in [-0.2, -0.15) is 10.4 Å². The first-order chi connectivity index (χ1) is 22.1. The van der Waals surface area contributed by atoms with Crippen molar-refractivity contribution in [3.05, 3.63) is 126 Å². The monoisotopic (exact) mass is 608 g/mol. The van der Waals surface area contributed by atoms with E-state index in [1.165, 1.54) is 12.1 Å². The number of anilines is 3. The molecule has 1 amide bonds. The Morgan fingerprint density at radius 1 is 1.00 bits per heavy atom. The SMILES string of the molecule is Cc1cc(F)c(C(=O)Nc2cc(-c3cccnc3)cc(C(C)(C)C#N)c2)cc1C#Cc1cnc2c(Nc3cnn(C)c3)cccn12. The predicted octanol–water partition coefficient (Wildman–Crippen LogP) is 6.77. The molecule has 2 aromatic carbocycles. The highest BCUT2D eigenvalue weighted by Crippen LogP contribution is 2.31. The van der Waals surface area contributed by atoms with E-state index in [1.54, 1.807) is 62.4 Å². The van der Waals surface area contributed by atoms with Gasteiger partial charge < -0.3 is 10.6 Å². The molecule has 9 nitrogen and oxygen atoms in total. The Hall–Kier alpha value is -6.26. The van der Waals surface area contributed by atoms with Crippen molar-refractivity contribution in [2.45, 2.75) is 26.2 Å². The smallest absolute Gasteiger partial charge is 0.258 e. The third-order valence-electron chi connectivity index (χ3n) is 7.59. The number of carbonyl (C=O) groups excluding carboxylic acids is 1. The average molecular weight is 609 g/mol. The minimum Gasteiger partial charge on any atom is -0.350 e. The van der Waals surface area contributed by atoms with Crippen molar-refractivity contribution in [1.29, 1.82) is 5.26 Å². The molecule has 226 valence electrons. The lowest BCUT2D eigenvalue weighted by molar-refractivity contribution is 0.102. The summed E-state index contributed by atoms with van der Waals surface area (Å²) in [6.45, 7) is 5.34. The highest BCUT2D eigenvalue weighted by molar-refractivity contribution is 6.05. The number of nitriles is 1. The number of rotatable bonds is 6. The lowest BCUT2D eigenvalue weighted by Gasteiger charge is -2.19. The van der Waals surface area contributed by atoms with Gasteiger partial charge in [0.05, 0.1) is 40.8 Å². The number of benzene rings is 2. The maximum absolute atomic E-state index is 15.2. The van der Waals surface area contributed by atoms with Gasteiger partial charge in [-0.3, -0.25) is 18.9 Å². The maximum atomic E-state index is 15.2. The number of aromatic nitrogens is 5. The predicted molar refractivity (Wildman–Crippen MR) is 175 cm³/mol. The number of amides is 1. The second-order valence-corrected chi connectivity index (χ2v) is 11.4. The van der Waals surface area contributed by atoms with Gasteiger partial charge in [-0.05, 0) is 91.9 Å². The van der Waals surface area contributed by atoms with Crippen molar-refractivity contribution in [2.75, 3.05) is 10.6 Å². The molecule has 0 saturated carbocycles. The highest BCUT2D eigenvalue weighted by atomic mass is 19.1. The van der Waals surface area contributed by atoms with Crippen LogP contribution in [0.4, 0.5) is 21.5 Å². The first-order valence-corrected chi connectivity index (χ1v) is 14.4. The molecule has 6 rings (SSSR count). The lowest BCUT2D eigenvalue weighted by atomic mass is 9.84. The van der Waals surface area contributed by atoms with E-state index in [0.29, 0.717) is 33.7 Å². The molecule has 0 unspecified atom stereocenters. The molecule has 4 aromatic heterocycles. The molecule has 0 radical (unpaired) electrons. The topological polar surface area (TPSA) is 113 Å². The number of fused-ring (bicyclic) bond motifs is 1. The van der Waals surface area contributed by atoms with Crippen molar-refractivity contribution < 1.29 is 9.18 Å². The van der Waals surface area contributed by atoms with Crippen LogP contribution in [0.25, 0.3) is 16.8 Å². The average Bonchev–Trinajstić information content (AvgIpc) is 3.66. The van der Waals surface area contributed by atoms with Gasteiger partial charge in [-0.1, -0.05) is 12.0 Å². The van der Waals surface area contributed by atoms with E-state index in [-0.39, 0.29) is 5.56 Å². The third kappa shape index (κ3) is 6.05. The summed E-state index contributed by atoms with van der Waals surface area (Å²) in [5.41, 5.74) is 5.75. The van der Waals surface area contributed by atoms with E-state index in [0.717, 1.165) is 22.5 Å². The molecule has 0 saturated heterocycles. The fourth-order valence-electron chi connectivity index (χ4n) is 4.98. The van der Waals surface area contributed by atoms with Gasteiger partial charge in [0.2, 0.25) is 0 Å². The van der Waals surface area contributed by atoms with E-state index in [4.69, 9.17) is 0 Å². The van der Waals surface area contributed by atoms with Crippen LogP contribution in [0.2, 0.25) is 0 Å². The molecule has 0 aliphatic carbocycles. The van der Waals surface area contributed by atoms with E-state index < -0.39 is 17.1 Å². The largest absolute Gasteiger partial charge is 0.350 e. The normalized spacial score (nSPS) is 11.0. The minimum atomic E-state index is -0.830. The van der Waals surface area contributed by atoms with Crippen LogP contribution in [-0.2, 0) is 12.5 Å². The summed E-state index contributed by atoms with van der Waals surface area (Å²) in [6.07, 6.45) is 10.5. The van der Waals surface area contributed by atoms with Crippen LogP contribution in [-0.4, -0.2) is 30.1 Å². The van der Waals surface area contributed by atoms with Crippen molar-refractivity contribution in [1.82, 2.24) is 24.1 Å². The minimum absolute atomic E-state index is 0.149. The van der Waals surface area contributed by atoms with E-state index in [9.17, 15) is 10.1 Å². The quantitative estimate of drug-likeness (QED) is 0.202. The second-order valence-electron chi connectivity index (χ2n) is 11.4. The van der Waals surface area contributed by atoms with E-state index >= 15 is 4.39 Å². The molecule has 46 heavy (non-hydrogen) atoms. The van der Waals surface area contributed by atoms with Crippen LogP contribution in [0.3, 0.4) is 0 Å². The third-order valence-corrected chi connectivity index (χ3v) is 7.59. The molecule has 4 heterocycles. The van der Waals surface area contributed by atoms with Gasteiger partial charge in [0.25, 0.3) is 5.91 Å². The number of hydrogen-bond donors (Lipinski definition) is 2. The van der Waals surface area contributed by atoms with Gasteiger partial charge in [-0.15, -0.1) is 0 Å². The number of carbonyl (C=O) groups is 1. The molecule has 0 bridgehead atoms. The molecule has 2 N–H and O–H groups in total. The zero-order valence-electron chi connectivity index (χ0n) is 25.6. The summed E-state index contributed by atoms with van der Waals surface area (Å²) < 4.78 is 18.8. The standard InChI is InChI=1S/C36H29FN8O/c1-23-13-32(37)31(35(46)43-28-15-26(25-7-5-11-39-18-25)14-27(17-28)36(2,3)22-38)16-24(23)9-10-30-20-40-34-33(8-6-12-45(30)34)42-29-19-41-44(4)21-29/h5-8,11-21,42H,1-4H3,(H,43,46). The molecule has 0 aliphatic rings. The summed E-state index contributed by atoms with van der Waals surface area (Å²) in [6, 6.07) is 18.0. The fourth-order valence-corrected chi connectivity index (χ4v) is 4.98. The molecular weight excluding hydrogens is 579 g/mol. The number of nitrogens with zero attached hydrogens (tertiary/aromatic N) is 6. The Morgan fingerprint density at radius 3 is 2.59 bits per heavy atom. The summed E-state index contributed by atoms with van der Waals surface area (Å²) in [5.74, 6) is 4.93. The van der Waals surface area contributed by atoms with Crippen LogP contribution < -0.4 is 10.6 Å². The van der Waals surface area contributed by atoms with Gasteiger partial charge in [0.1, 0.15) is 11.5 Å². The Morgan fingerprint density at radius 2 is 1.85 bits per heavy atom. The van der Waals surface area contributed by atoms with Crippen molar-refractivity contribution >= 4 is 28.6 Å². The van der Waals surface area contributed by atoms with Gasteiger partial charge in [0, 0.05) is 48.6 Å². The number of aryl methyl sites for hydroxylation is 2. The zero-order valence-corrected chi connectivity index (χ0v) is 25.6. The van der Waals surface area contributed by atoms with E-state index in [2.05, 4.69) is 43.6 Å². The first kappa shape index (κ1) is 29.8. The Kier molecular flexibility index (Phi) is 7.79. The van der Waals surface area contributed by atoms with Crippen molar-refractivity contribution in [3.63, 3.8) is 0 Å². The van der Waals surface area contributed by atoms with Gasteiger partial charge in [-0.25, -0.2) is 9.37 Å². The molecular formula is C36H29FN8O. The van der Waals surface area contributed by atoms with Crippen LogP contribution in [0.15, 0.2) is 91.8 Å². The van der Waals surface area contributed by atoms with Gasteiger partial charge in [0.15, 0.2) is 5.65 Å². The van der Waals surface area contributed by atoms with E-state index in [1.807, 2.05) is 54.2 Å². The zero-order chi connectivity index (χ0) is 32.4.